The van der Waals surface area contributed by atoms with Crippen molar-refractivity contribution in [1.29, 1.82) is 0 Å². The number of esters is 1. The van der Waals surface area contributed by atoms with Gasteiger partial charge in [0.25, 0.3) is 0 Å². The van der Waals surface area contributed by atoms with Crippen molar-refractivity contribution in [3.05, 3.63) is 78.4 Å². The van der Waals surface area contributed by atoms with Crippen molar-refractivity contribution in [1.82, 2.24) is 40.3 Å². The summed E-state index contributed by atoms with van der Waals surface area (Å²) in [5, 5.41) is 28.7. The maximum absolute atomic E-state index is 12.2. The summed E-state index contributed by atoms with van der Waals surface area (Å²) in [5.41, 5.74) is 7.43. The van der Waals surface area contributed by atoms with E-state index >= 15 is 0 Å². The number of H-pyrrole nitrogens is 2. The number of Topliss-reactive ketones (excluding diaryl/α,β-unsaturated/α-hetero) is 1. The van der Waals surface area contributed by atoms with Gasteiger partial charge in [-0.2, -0.15) is 20.2 Å². The molecule has 18 heteroatoms. The summed E-state index contributed by atoms with van der Waals surface area (Å²) in [6.45, 7) is 1.95. The molecule has 0 atom stereocenters. The largest absolute Gasteiger partial charge is 0.427 e. The third-order valence-corrected chi connectivity index (χ3v) is 14.0. The number of aromatic nitrogens is 8. The van der Waals surface area contributed by atoms with Crippen molar-refractivity contribution in [2.45, 2.75) is 152 Å². The Morgan fingerprint density at radius 1 is 0.620 bits per heavy atom. The van der Waals surface area contributed by atoms with Gasteiger partial charge in [-0.3, -0.25) is 19.8 Å². The van der Waals surface area contributed by atoms with Crippen LogP contribution in [0.4, 0.5) is 35.2 Å². The second-order valence-electron chi connectivity index (χ2n) is 19.5. The minimum atomic E-state index is -0.154. The number of benzene rings is 1. The molecule has 71 heavy (non-hydrogen) atoms. The number of nitrogens with one attached hydrogen (secondary N) is 6. The summed E-state index contributed by atoms with van der Waals surface area (Å²) >= 11 is 0. The second kappa shape index (κ2) is 28.8. The van der Waals surface area contributed by atoms with Gasteiger partial charge in [-0.05, 0) is 120 Å². The highest BCUT2D eigenvalue weighted by atomic mass is 16.5. The van der Waals surface area contributed by atoms with Crippen LogP contribution in [0.15, 0.2) is 67.0 Å². The third-order valence-electron chi connectivity index (χ3n) is 14.0. The maximum atomic E-state index is 12.2. The van der Waals surface area contributed by atoms with Crippen LogP contribution < -0.4 is 31.7 Å². The Hall–Kier alpha value is -5.98. The number of carbonyl (C=O) groups excluding carboxylic acids is 2. The number of ketones is 1. The number of ether oxygens (including phenoxy) is 3. The Kier molecular flexibility index (Phi) is 21.4. The maximum Gasteiger partial charge on any atom is 0.311 e. The zero-order valence-electron chi connectivity index (χ0n) is 41.9. The highest BCUT2D eigenvalue weighted by molar-refractivity contribution is 5.78. The van der Waals surface area contributed by atoms with Crippen LogP contribution in [0, 0.1) is 11.8 Å². The number of nitrogens with two attached hydrogens (primary N) is 1. The quantitative estimate of drug-likeness (QED) is 0.0205. The van der Waals surface area contributed by atoms with Gasteiger partial charge in [0.1, 0.15) is 23.2 Å². The Bertz CT molecular complexity index is 2300. The van der Waals surface area contributed by atoms with Crippen LogP contribution in [0.25, 0.3) is 0 Å². The standard InChI is InChI=1S/C26H32N6O2.C24H36N6O2.C3H9NO/c33-25(34-21-8-2-1-3-9-21)16-18-10-12-20(13-11-18)28-26-27-15-14-23(30-26)29-24-17-22(31-32-24)19-6-4-5-7-19;1-32-14-4-7-20(31)15-17-8-10-19(11-9-17)26-24-25-13-12-22(28-24)27-23-16-21(29-30-23)18-5-2-3-6-18;1-5-3-2-4/h1-3,8-9,14-15,17-20H,4-7,10-13,16H2,(H3,27,28,29,30,31,32);12-13,16-19H,2-11,14-15H2,1H3,(H3,25,26,27,28,29,30);2-4H2,1H3. The monoisotopic (exact) mass is 976 g/mol. The molecule has 0 unspecified atom stereocenters. The molecule has 18 nitrogen and oxygen atoms in total. The second-order valence-corrected chi connectivity index (χ2v) is 19.5. The summed E-state index contributed by atoms with van der Waals surface area (Å²) in [6, 6.07) is 17.8. The first kappa shape index (κ1) is 52.8. The molecule has 0 aliphatic heterocycles. The predicted octanol–water partition coefficient (Wildman–Crippen LogP) is 10.1. The van der Waals surface area contributed by atoms with Crippen LogP contribution in [-0.4, -0.2) is 98.1 Å². The predicted molar refractivity (Wildman–Crippen MR) is 277 cm³/mol. The topological polar surface area (TPSA) is 245 Å². The first-order valence-corrected chi connectivity index (χ1v) is 26.1. The normalized spacial score (nSPS) is 20.2. The van der Waals surface area contributed by atoms with E-state index in [1.807, 2.05) is 42.5 Å². The summed E-state index contributed by atoms with van der Waals surface area (Å²) in [6.07, 6.45) is 24.5. The van der Waals surface area contributed by atoms with Gasteiger partial charge in [0, 0.05) is 106 Å². The number of aromatic amines is 2. The Morgan fingerprint density at radius 2 is 1.11 bits per heavy atom. The van der Waals surface area contributed by atoms with E-state index in [-0.39, 0.29) is 5.97 Å². The van der Waals surface area contributed by atoms with Gasteiger partial charge in [0.05, 0.1) is 6.61 Å². The Morgan fingerprint density at radius 3 is 1.58 bits per heavy atom. The molecular formula is C53H77N13O5. The molecule has 5 aromatic rings. The molecule has 4 fully saturated rings. The van der Waals surface area contributed by atoms with Crippen LogP contribution in [0.3, 0.4) is 0 Å². The minimum Gasteiger partial charge on any atom is -0.427 e. The van der Waals surface area contributed by atoms with Crippen molar-refractivity contribution in [3.63, 3.8) is 0 Å². The van der Waals surface area contributed by atoms with Gasteiger partial charge in [-0.15, -0.1) is 0 Å². The molecule has 8 N–H and O–H groups in total. The molecule has 0 spiro atoms. The highest BCUT2D eigenvalue weighted by Gasteiger charge is 2.26. The molecule has 4 aliphatic carbocycles. The lowest BCUT2D eigenvalue weighted by atomic mass is 9.83. The third kappa shape index (κ3) is 18.0. The average molecular weight is 976 g/mol. The Balaban J connectivity index is 0.000000191. The van der Waals surface area contributed by atoms with E-state index in [9.17, 15) is 9.59 Å². The molecule has 384 valence electrons. The molecule has 0 amide bonds. The number of nitrogens with zero attached hydrogens (tertiary/aromatic N) is 6. The van der Waals surface area contributed by atoms with Crippen molar-refractivity contribution < 1.29 is 23.8 Å². The summed E-state index contributed by atoms with van der Waals surface area (Å²) in [5.74, 6) is 7.19. The van der Waals surface area contributed by atoms with Crippen molar-refractivity contribution in [2.75, 3.05) is 55.2 Å². The summed E-state index contributed by atoms with van der Waals surface area (Å²) < 4.78 is 15.0. The highest BCUT2D eigenvalue weighted by Crippen LogP contribution is 2.36. The molecule has 0 saturated heterocycles. The first-order valence-electron chi connectivity index (χ1n) is 26.1. The van der Waals surface area contributed by atoms with Gasteiger partial charge in [-0.1, -0.05) is 43.9 Å². The lowest BCUT2D eigenvalue weighted by Gasteiger charge is -2.28. The zero-order valence-corrected chi connectivity index (χ0v) is 41.9. The number of carbonyl (C=O) groups is 2. The van der Waals surface area contributed by atoms with Crippen LogP contribution in [0.1, 0.15) is 152 Å². The van der Waals surface area contributed by atoms with Gasteiger partial charge in [0.2, 0.25) is 11.9 Å². The van der Waals surface area contributed by atoms with Crippen molar-refractivity contribution in [2.24, 2.45) is 17.6 Å². The Labute approximate surface area is 419 Å². The van der Waals surface area contributed by atoms with Gasteiger partial charge in [-0.25, -0.2) is 9.97 Å². The zero-order chi connectivity index (χ0) is 49.5. The molecule has 4 aromatic heterocycles. The van der Waals surface area contributed by atoms with Gasteiger partial charge < -0.3 is 41.2 Å². The lowest BCUT2D eigenvalue weighted by molar-refractivity contribution is -0.135. The molecule has 4 saturated carbocycles. The fraction of sp³-hybridized carbons (Fsp3) is 0.585. The molecule has 4 heterocycles. The fourth-order valence-electron chi connectivity index (χ4n) is 10.2. The van der Waals surface area contributed by atoms with Gasteiger partial charge >= 0.3 is 5.97 Å². The van der Waals surface area contributed by atoms with Crippen molar-refractivity contribution in [3.8, 4) is 5.75 Å². The number of hydrogen-bond acceptors (Lipinski definition) is 16. The van der Waals surface area contributed by atoms with E-state index in [2.05, 4.69) is 78.5 Å². The first-order chi connectivity index (χ1) is 34.8. The molecule has 0 bridgehead atoms. The number of methoxy groups -OCH3 is 2. The van der Waals surface area contributed by atoms with E-state index in [1.165, 1.54) is 62.8 Å². The van der Waals surface area contributed by atoms with Crippen LogP contribution in [0.2, 0.25) is 0 Å². The minimum absolute atomic E-state index is 0.154. The van der Waals surface area contributed by atoms with Crippen molar-refractivity contribution >= 4 is 46.9 Å². The molecule has 4 aliphatic rings. The fourth-order valence-corrected chi connectivity index (χ4v) is 10.2. The number of rotatable bonds is 21. The van der Waals surface area contributed by atoms with Crippen LogP contribution in [-0.2, 0) is 19.1 Å². The van der Waals surface area contributed by atoms with E-state index in [0.29, 0.717) is 98.2 Å². The number of para-hydroxylation sites is 1. The molecular weight excluding hydrogens is 899 g/mol. The number of hydrogen-bond donors (Lipinski definition) is 7. The van der Waals surface area contributed by atoms with Gasteiger partial charge in [0.15, 0.2) is 11.6 Å². The SMILES string of the molecule is COCCCC(=O)CC1CCC(Nc2nccc(Nc3cc(C4CCCC4)[nH]n3)n2)CC1.COCCN.O=C(CC1CCC(Nc2nccc(Nc3cc(C4CCCC4)[nH]n3)n2)CC1)Oc1ccccc1. The van der Waals surface area contributed by atoms with E-state index < -0.39 is 0 Å². The number of anilines is 6. The lowest BCUT2D eigenvalue weighted by Crippen LogP contribution is -2.28. The van der Waals surface area contributed by atoms with Crippen LogP contribution >= 0.6 is 0 Å². The summed E-state index contributed by atoms with van der Waals surface area (Å²) in [7, 11) is 3.31. The van der Waals surface area contributed by atoms with E-state index in [1.54, 1.807) is 26.6 Å². The smallest absolute Gasteiger partial charge is 0.311 e. The van der Waals surface area contributed by atoms with Crippen LogP contribution in [0.5, 0.6) is 5.75 Å². The molecule has 1 aromatic carbocycles. The molecule has 9 rings (SSSR count). The summed E-state index contributed by atoms with van der Waals surface area (Å²) in [4.78, 5) is 42.4. The van der Waals surface area contributed by atoms with E-state index in [4.69, 9.17) is 15.2 Å². The average Bonchev–Trinajstić information content (AvgIpc) is 4.24. The van der Waals surface area contributed by atoms with E-state index in [0.717, 1.165) is 81.1 Å². The molecule has 0 radical (unpaired) electrons.